The fourth-order valence-corrected chi connectivity index (χ4v) is 2.99. The van der Waals surface area contributed by atoms with Crippen molar-refractivity contribution in [3.8, 4) is 0 Å². The third-order valence-electron chi connectivity index (χ3n) is 3.00. The molecule has 0 atom stereocenters. The van der Waals surface area contributed by atoms with E-state index < -0.39 is 0 Å². The summed E-state index contributed by atoms with van der Waals surface area (Å²) < 4.78 is 0.639. The number of hydrogen-bond acceptors (Lipinski definition) is 2. The number of benzene rings is 1. The third kappa shape index (κ3) is 2.99. The van der Waals surface area contributed by atoms with E-state index in [1.54, 1.807) is 17.0 Å². The molecule has 4 heteroatoms. The number of thiophene rings is 1. The first kappa shape index (κ1) is 14.1. The number of carbonyl (C=O) groups is 1. The summed E-state index contributed by atoms with van der Waals surface area (Å²) in [7, 11) is 0. The number of amides is 1. The van der Waals surface area contributed by atoms with Crippen LogP contribution in [0.3, 0.4) is 0 Å². The van der Waals surface area contributed by atoms with E-state index in [9.17, 15) is 4.79 Å². The van der Waals surface area contributed by atoms with Crippen molar-refractivity contribution < 1.29 is 4.79 Å². The first-order valence-corrected chi connectivity index (χ1v) is 7.37. The Bertz CT molecular complexity index is 606. The van der Waals surface area contributed by atoms with Gasteiger partial charge in [0.2, 0.25) is 0 Å². The summed E-state index contributed by atoms with van der Waals surface area (Å²) in [6.45, 7) is 6.67. The largest absolute Gasteiger partial charge is 0.308 e. The van der Waals surface area contributed by atoms with Crippen molar-refractivity contribution in [2.75, 3.05) is 11.4 Å². The fraction of sp³-hybridized carbons (Fsp3) is 0.267. The van der Waals surface area contributed by atoms with E-state index >= 15 is 0 Å². The predicted molar refractivity (Wildman–Crippen MR) is 82.6 cm³/mol. The van der Waals surface area contributed by atoms with Crippen LogP contribution in [0.1, 0.15) is 27.7 Å². The predicted octanol–water partition coefficient (Wildman–Crippen LogP) is 4.69. The maximum absolute atomic E-state index is 12.5. The molecular formula is C15H16ClNOS. The molecule has 1 aromatic carbocycles. The van der Waals surface area contributed by atoms with Crippen LogP contribution in [0.25, 0.3) is 0 Å². The highest BCUT2D eigenvalue weighted by Gasteiger charge is 2.19. The van der Waals surface area contributed by atoms with Crippen LogP contribution >= 0.6 is 22.9 Å². The van der Waals surface area contributed by atoms with Gasteiger partial charge in [-0.15, -0.1) is 11.3 Å². The summed E-state index contributed by atoms with van der Waals surface area (Å²) in [5.41, 5.74) is 3.22. The van der Waals surface area contributed by atoms with Gasteiger partial charge in [0, 0.05) is 12.2 Å². The van der Waals surface area contributed by atoms with Crippen molar-refractivity contribution in [1.29, 1.82) is 0 Å². The Morgan fingerprint density at radius 2 is 2.00 bits per heavy atom. The molecule has 0 unspecified atom stereocenters. The fourth-order valence-electron chi connectivity index (χ4n) is 2.00. The second-order valence-electron chi connectivity index (χ2n) is 4.44. The molecule has 1 aromatic heterocycles. The summed E-state index contributed by atoms with van der Waals surface area (Å²) >= 11 is 7.22. The number of aryl methyl sites for hydroxylation is 2. The Morgan fingerprint density at radius 1 is 1.26 bits per heavy atom. The molecule has 1 amide bonds. The van der Waals surface area contributed by atoms with Gasteiger partial charge in [-0.3, -0.25) is 4.79 Å². The molecular weight excluding hydrogens is 278 g/mol. The van der Waals surface area contributed by atoms with Crippen LogP contribution in [0.2, 0.25) is 4.34 Å². The molecule has 1 heterocycles. The van der Waals surface area contributed by atoms with E-state index in [0.29, 0.717) is 15.8 Å². The van der Waals surface area contributed by atoms with Gasteiger partial charge in [0.25, 0.3) is 5.91 Å². The van der Waals surface area contributed by atoms with Gasteiger partial charge >= 0.3 is 0 Å². The molecule has 0 fully saturated rings. The van der Waals surface area contributed by atoms with Crippen LogP contribution in [0.15, 0.2) is 30.3 Å². The van der Waals surface area contributed by atoms with Gasteiger partial charge in [0.1, 0.15) is 0 Å². The molecule has 0 aliphatic rings. The van der Waals surface area contributed by atoms with Crippen LogP contribution < -0.4 is 4.90 Å². The Morgan fingerprint density at radius 3 is 2.58 bits per heavy atom. The van der Waals surface area contributed by atoms with Crippen LogP contribution in [0.5, 0.6) is 0 Å². The van der Waals surface area contributed by atoms with Gasteiger partial charge < -0.3 is 4.90 Å². The summed E-state index contributed by atoms with van der Waals surface area (Å²) in [6.07, 6.45) is 0. The second kappa shape index (κ2) is 5.76. The lowest BCUT2D eigenvalue weighted by atomic mass is 10.1. The molecule has 0 radical (unpaired) electrons. The van der Waals surface area contributed by atoms with Crippen LogP contribution in [-0.2, 0) is 0 Å². The van der Waals surface area contributed by atoms with Crippen LogP contribution in [-0.4, -0.2) is 12.5 Å². The smallest absolute Gasteiger partial charge is 0.268 e. The summed E-state index contributed by atoms with van der Waals surface area (Å²) in [5, 5.41) is 0. The third-order valence-corrected chi connectivity index (χ3v) is 4.22. The van der Waals surface area contributed by atoms with Gasteiger partial charge in [-0.2, -0.15) is 0 Å². The molecule has 0 saturated carbocycles. The zero-order valence-electron chi connectivity index (χ0n) is 11.2. The number of rotatable bonds is 3. The summed E-state index contributed by atoms with van der Waals surface area (Å²) in [5.74, 6) is 0.00750. The van der Waals surface area contributed by atoms with Gasteiger partial charge in [0.15, 0.2) is 0 Å². The lowest BCUT2D eigenvalue weighted by Gasteiger charge is -2.22. The SMILES string of the molecule is CCN(C(=O)c1ccc(Cl)s1)c1cc(C)ccc1C. The zero-order chi connectivity index (χ0) is 14.0. The Hall–Kier alpha value is -1.32. The minimum atomic E-state index is 0.00750. The molecule has 0 saturated heterocycles. The van der Waals surface area contributed by atoms with E-state index in [2.05, 4.69) is 6.07 Å². The van der Waals surface area contributed by atoms with Gasteiger partial charge in [0.05, 0.1) is 9.21 Å². The van der Waals surface area contributed by atoms with Gasteiger partial charge in [-0.05, 0) is 50.1 Å². The highest BCUT2D eigenvalue weighted by atomic mass is 35.5. The standard InChI is InChI=1S/C15H16ClNOS/c1-4-17(12-9-10(2)5-6-11(12)3)15(18)13-7-8-14(16)19-13/h5-9H,4H2,1-3H3. The molecule has 100 valence electrons. The minimum absolute atomic E-state index is 0.00750. The number of hydrogen-bond donors (Lipinski definition) is 0. The van der Waals surface area contributed by atoms with Crippen molar-refractivity contribution >= 4 is 34.5 Å². The summed E-state index contributed by atoms with van der Waals surface area (Å²) in [4.78, 5) is 15.0. The number of anilines is 1. The molecule has 0 aliphatic carbocycles. The van der Waals surface area contributed by atoms with Gasteiger partial charge in [-0.25, -0.2) is 0 Å². The molecule has 2 rings (SSSR count). The van der Waals surface area contributed by atoms with Crippen molar-refractivity contribution in [2.24, 2.45) is 0 Å². The van der Waals surface area contributed by atoms with E-state index in [-0.39, 0.29) is 5.91 Å². The number of halogens is 1. The molecule has 2 aromatic rings. The van der Waals surface area contributed by atoms with Crippen molar-refractivity contribution in [1.82, 2.24) is 0 Å². The maximum Gasteiger partial charge on any atom is 0.268 e. The number of carbonyl (C=O) groups excluding carboxylic acids is 1. The van der Waals surface area contributed by atoms with E-state index in [0.717, 1.165) is 16.8 Å². The second-order valence-corrected chi connectivity index (χ2v) is 6.16. The average Bonchev–Trinajstić information content (AvgIpc) is 2.81. The Balaban J connectivity index is 2.39. The van der Waals surface area contributed by atoms with Crippen LogP contribution in [0, 0.1) is 13.8 Å². The first-order chi connectivity index (χ1) is 9.02. The highest BCUT2D eigenvalue weighted by Crippen LogP contribution is 2.27. The van der Waals surface area contributed by atoms with E-state index in [4.69, 9.17) is 11.6 Å². The maximum atomic E-state index is 12.5. The first-order valence-electron chi connectivity index (χ1n) is 6.17. The lowest BCUT2D eigenvalue weighted by molar-refractivity contribution is 0.0992. The summed E-state index contributed by atoms with van der Waals surface area (Å²) in [6, 6.07) is 9.69. The topological polar surface area (TPSA) is 20.3 Å². The Labute approximate surface area is 122 Å². The molecule has 2 nitrogen and oxygen atoms in total. The van der Waals surface area contributed by atoms with Crippen molar-refractivity contribution in [3.05, 3.63) is 50.7 Å². The Kier molecular flexibility index (Phi) is 4.27. The zero-order valence-corrected chi connectivity index (χ0v) is 12.8. The molecule has 19 heavy (non-hydrogen) atoms. The molecule has 0 N–H and O–H groups in total. The molecule has 0 bridgehead atoms. The normalized spacial score (nSPS) is 10.5. The minimum Gasteiger partial charge on any atom is -0.308 e. The van der Waals surface area contributed by atoms with Gasteiger partial charge in [-0.1, -0.05) is 23.7 Å². The average molecular weight is 294 g/mol. The number of nitrogens with zero attached hydrogens (tertiary/aromatic N) is 1. The van der Waals surface area contributed by atoms with Crippen molar-refractivity contribution in [2.45, 2.75) is 20.8 Å². The lowest BCUT2D eigenvalue weighted by Crippen LogP contribution is -2.30. The molecule has 0 aliphatic heterocycles. The molecule has 0 spiro atoms. The van der Waals surface area contributed by atoms with Crippen molar-refractivity contribution in [3.63, 3.8) is 0 Å². The monoisotopic (exact) mass is 293 g/mol. The van der Waals surface area contributed by atoms with E-state index in [1.807, 2.05) is 32.9 Å². The van der Waals surface area contributed by atoms with E-state index in [1.165, 1.54) is 11.3 Å². The highest BCUT2D eigenvalue weighted by molar-refractivity contribution is 7.18. The quantitative estimate of drug-likeness (QED) is 0.804. The van der Waals surface area contributed by atoms with Crippen LogP contribution in [0.4, 0.5) is 5.69 Å².